The maximum absolute atomic E-state index is 14.0. The molecule has 0 aliphatic carbocycles. The summed E-state index contributed by atoms with van der Waals surface area (Å²) in [6, 6.07) is 12.4. The van der Waals surface area contributed by atoms with Crippen LogP contribution in [0, 0.1) is 17.6 Å². The number of halogens is 2. The number of hydrogen-bond acceptors (Lipinski definition) is 4. The van der Waals surface area contributed by atoms with Gasteiger partial charge in [0.25, 0.3) is 0 Å². The van der Waals surface area contributed by atoms with E-state index >= 15 is 0 Å². The number of likely N-dealkylation sites (N-methyl/N-ethyl adjacent to an activating group) is 1. The third-order valence-electron chi connectivity index (χ3n) is 6.24. The predicted octanol–water partition coefficient (Wildman–Crippen LogP) is 3.56. The van der Waals surface area contributed by atoms with E-state index in [0.29, 0.717) is 25.5 Å². The molecule has 1 saturated heterocycles. The molecule has 1 unspecified atom stereocenters. The van der Waals surface area contributed by atoms with Crippen LogP contribution in [-0.2, 0) is 14.8 Å². The van der Waals surface area contributed by atoms with Gasteiger partial charge >= 0.3 is 0 Å². The fraction of sp³-hybridized carbons (Fsp3) is 0.458. The molecule has 1 atom stereocenters. The zero-order valence-electron chi connectivity index (χ0n) is 19.0. The molecule has 2 aromatic carbocycles. The molecule has 1 amide bonds. The van der Waals surface area contributed by atoms with Crippen LogP contribution < -0.4 is 5.32 Å². The van der Waals surface area contributed by atoms with E-state index in [1.807, 2.05) is 30.3 Å². The molecule has 2 aromatic rings. The minimum atomic E-state index is -4.16. The Bertz CT molecular complexity index is 1040. The van der Waals surface area contributed by atoms with Gasteiger partial charge < -0.3 is 5.32 Å². The third kappa shape index (κ3) is 5.96. The normalized spacial score (nSPS) is 16.6. The topological polar surface area (TPSA) is 69.7 Å². The minimum Gasteiger partial charge on any atom is -0.354 e. The van der Waals surface area contributed by atoms with E-state index in [0.717, 1.165) is 35.1 Å². The summed E-state index contributed by atoms with van der Waals surface area (Å²) in [7, 11) is -4.16. The Morgan fingerprint density at radius 1 is 1.09 bits per heavy atom. The van der Waals surface area contributed by atoms with Crippen molar-refractivity contribution in [2.24, 2.45) is 5.92 Å². The number of carbonyl (C=O) groups excluding carboxylic acids is 1. The minimum absolute atomic E-state index is 0.0431. The summed E-state index contributed by atoms with van der Waals surface area (Å²) in [6.45, 7) is 6.47. The van der Waals surface area contributed by atoms with Crippen LogP contribution in [-0.4, -0.2) is 56.3 Å². The Labute approximate surface area is 194 Å². The second-order valence-electron chi connectivity index (χ2n) is 8.15. The average molecular weight is 480 g/mol. The summed E-state index contributed by atoms with van der Waals surface area (Å²) in [5.41, 5.74) is 1.12. The van der Waals surface area contributed by atoms with Crippen molar-refractivity contribution in [3.05, 3.63) is 65.7 Å². The van der Waals surface area contributed by atoms with Gasteiger partial charge in [-0.1, -0.05) is 44.2 Å². The fourth-order valence-corrected chi connectivity index (χ4v) is 5.86. The summed E-state index contributed by atoms with van der Waals surface area (Å²) < 4.78 is 54.2. The van der Waals surface area contributed by atoms with Gasteiger partial charge in [0.1, 0.15) is 16.5 Å². The van der Waals surface area contributed by atoms with Crippen molar-refractivity contribution in [3.8, 4) is 0 Å². The molecule has 9 heteroatoms. The van der Waals surface area contributed by atoms with Crippen LogP contribution in [0.15, 0.2) is 53.4 Å². The molecule has 3 rings (SSSR count). The Hall–Kier alpha value is -2.36. The maximum Gasteiger partial charge on any atom is 0.246 e. The highest BCUT2D eigenvalue weighted by Crippen LogP contribution is 2.26. The SMILES string of the molecule is CCN(CC)C(CNC(=O)C1CCN(S(=O)(=O)c2cc(F)ccc2F)CC1)c1ccccc1. The highest BCUT2D eigenvalue weighted by molar-refractivity contribution is 7.89. The molecule has 1 N–H and O–H groups in total. The zero-order chi connectivity index (χ0) is 24.0. The van der Waals surface area contributed by atoms with E-state index in [4.69, 9.17) is 0 Å². The van der Waals surface area contributed by atoms with Crippen LogP contribution in [0.25, 0.3) is 0 Å². The highest BCUT2D eigenvalue weighted by atomic mass is 32.2. The van der Waals surface area contributed by atoms with Crippen LogP contribution in [0.3, 0.4) is 0 Å². The first-order chi connectivity index (χ1) is 15.8. The van der Waals surface area contributed by atoms with Gasteiger partial charge in [-0.2, -0.15) is 4.31 Å². The first kappa shape index (κ1) is 25.3. The molecular formula is C24H31F2N3O3S. The van der Waals surface area contributed by atoms with E-state index in [-0.39, 0.29) is 31.0 Å². The predicted molar refractivity (Wildman–Crippen MR) is 123 cm³/mol. The maximum atomic E-state index is 14.0. The highest BCUT2D eigenvalue weighted by Gasteiger charge is 2.34. The number of benzene rings is 2. The number of rotatable bonds is 9. The van der Waals surface area contributed by atoms with Crippen LogP contribution in [0.4, 0.5) is 8.78 Å². The summed E-state index contributed by atoms with van der Waals surface area (Å²) in [4.78, 5) is 14.5. The molecule has 1 fully saturated rings. The number of nitrogens with zero attached hydrogens (tertiary/aromatic N) is 2. The average Bonchev–Trinajstić information content (AvgIpc) is 2.83. The number of carbonyl (C=O) groups is 1. The van der Waals surface area contributed by atoms with Crippen molar-refractivity contribution in [2.75, 3.05) is 32.7 Å². The molecule has 180 valence electrons. The molecule has 0 radical (unpaired) electrons. The van der Waals surface area contributed by atoms with Gasteiger partial charge in [0.15, 0.2) is 0 Å². The van der Waals surface area contributed by atoms with Crippen molar-refractivity contribution in [2.45, 2.75) is 37.6 Å². The van der Waals surface area contributed by atoms with Gasteiger partial charge in [-0.15, -0.1) is 0 Å². The standard InChI is InChI=1S/C24H31F2N3O3S/c1-3-28(4-2)22(18-8-6-5-7-9-18)17-27-24(30)19-12-14-29(15-13-19)33(31,32)23-16-20(25)10-11-21(23)26/h5-11,16,19,22H,3-4,12-15,17H2,1-2H3,(H,27,30). The molecule has 1 aliphatic heterocycles. The summed E-state index contributed by atoms with van der Waals surface area (Å²) in [6.07, 6.45) is 0.645. The number of hydrogen-bond donors (Lipinski definition) is 1. The molecule has 6 nitrogen and oxygen atoms in total. The van der Waals surface area contributed by atoms with Gasteiger partial charge in [0.2, 0.25) is 15.9 Å². The smallest absolute Gasteiger partial charge is 0.246 e. The van der Waals surface area contributed by atoms with E-state index in [1.54, 1.807) is 0 Å². The lowest BCUT2D eigenvalue weighted by Crippen LogP contribution is -2.45. The van der Waals surface area contributed by atoms with Gasteiger partial charge in [-0.3, -0.25) is 9.69 Å². The molecule has 0 bridgehead atoms. The largest absolute Gasteiger partial charge is 0.354 e. The third-order valence-corrected chi connectivity index (χ3v) is 8.16. The van der Waals surface area contributed by atoms with Crippen molar-refractivity contribution < 1.29 is 22.0 Å². The molecule has 1 aliphatic rings. The number of nitrogens with one attached hydrogen (secondary N) is 1. The molecule has 1 heterocycles. The number of piperidine rings is 1. The van der Waals surface area contributed by atoms with Crippen molar-refractivity contribution >= 4 is 15.9 Å². The van der Waals surface area contributed by atoms with Crippen molar-refractivity contribution in [3.63, 3.8) is 0 Å². The van der Waals surface area contributed by atoms with Crippen LogP contribution in [0.5, 0.6) is 0 Å². The van der Waals surface area contributed by atoms with Gasteiger partial charge in [0, 0.05) is 25.6 Å². The Balaban J connectivity index is 1.61. The van der Waals surface area contributed by atoms with Crippen LogP contribution in [0.2, 0.25) is 0 Å². The Morgan fingerprint density at radius 3 is 2.33 bits per heavy atom. The molecule has 33 heavy (non-hydrogen) atoms. The summed E-state index contributed by atoms with van der Waals surface area (Å²) in [5, 5.41) is 3.04. The van der Waals surface area contributed by atoms with E-state index in [1.165, 1.54) is 0 Å². The van der Waals surface area contributed by atoms with Crippen LogP contribution in [0.1, 0.15) is 38.3 Å². The molecule has 0 aromatic heterocycles. The number of amides is 1. The summed E-state index contributed by atoms with van der Waals surface area (Å²) >= 11 is 0. The van der Waals surface area contributed by atoms with E-state index in [2.05, 4.69) is 24.1 Å². The number of sulfonamides is 1. The van der Waals surface area contributed by atoms with E-state index in [9.17, 15) is 22.0 Å². The second-order valence-corrected chi connectivity index (χ2v) is 10.1. The lowest BCUT2D eigenvalue weighted by molar-refractivity contribution is -0.126. The van der Waals surface area contributed by atoms with Gasteiger partial charge in [-0.05, 0) is 49.7 Å². The Morgan fingerprint density at radius 2 is 1.73 bits per heavy atom. The lowest BCUT2D eigenvalue weighted by Gasteiger charge is -2.33. The quantitative estimate of drug-likeness (QED) is 0.597. The summed E-state index contributed by atoms with van der Waals surface area (Å²) in [5.74, 6) is -2.25. The fourth-order valence-electron chi connectivity index (χ4n) is 4.31. The molecule has 0 spiro atoms. The zero-order valence-corrected chi connectivity index (χ0v) is 19.8. The van der Waals surface area contributed by atoms with Crippen LogP contribution >= 0.6 is 0 Å². The Kier molecular flexibility index (Phi) is 8.56. The lowest BCUT2D eigenvalue weighted by atomic mass is 9.97. The molecule has 0 saturated carbocycles. The van der Waals surface area contributed by atoms with Crippen molar-refractivity contribution in [1.82, 2.24) is 14.5 Å². The van der Waals surface area contributed by atoms with E-state index < -0.39 is 26.6 Å². The van der Waals surface area contributed by atoms with Gasteiger partial charge in [0.05, 0.1) is 6.04 Å². The van der Waals surface area contributed by atoms with Gasteiger partial charge in [-0.25, -0.2) is 17.2 Å². The first-order valence-corrected chi connectivity index (χ1v) is 12.7. The first-order valence-electron chi connectivity index (χ1n) is 11.3. The second kappa shape index (κ2) is 11.2. The van der Waals surface area contributed by atoms with Crippen molar-refractivity contribution in [1.29, 1.82) is 0 Å². The molecular weight excluding hydrogens is 448 g/mol. The monoisotopic (exact) mass is 479 g/mol.